The summed E-state index contributed by atoms with van der Waals surface area (Å²) >= 11 is 0. The Hall–Kier alpha value is -5.73. The Morgan fingerprint density at radius 3 is 2.06 bits per heavy atom. The van der Waals surface area contributed by atoms with Crippen molar-refractivity contribution < 1.29 is 0 Å². The van der Waals surface area contributed by atoms with Crippen LogP contribution in [-0.4, -0.2) is 4.40 Å². The molecule has 2 heteroatoms. The second-order valence-corrected chi connectivity index (χ2v) is 13.6. The zero-order valence-corrected chi connectivity index (χ0v) is 25.9. The minimum atomic E-state index is -0.424. The average Bonchev–Trinajstić information content (AvgIpc) is 3.72. The van der Waals surface area contributed by atoms with Crippen LogP contribution >= 0.6 is 0 Å². The Balaban J connectivity index is 1.37. The lowest BCUT2D eigenvalue weighted by Gasteiger charge is -2.32. The lowest BCUT2D eigenvalue weighted by atomic mass is 9.68. The monoisotopic (exact) mass is 599 g/mol. The highest BCUT2D eigenvalue weighted by atomic mass is 16.1. The predicted octanol–water partition coefficient (Wildman–Crippen LogP) is 10.5. The quantitative estimate of drug-likeness (QED) is 0.172. The first-order valence-electron chi connectivity index (χ1n) is 16.6. The van der Waals surface area contributed by atoms with Gasteiger partial charge in [0.1, 0.15) is 0 Å². The van der Waals surface area contributed by atoms with Crippen LogP contribution in [0.1, 0.15) is 35.6 Å². The molecule has 8 aromatic rings. The normalized spacial score (nSPS) is 19.3. The highest BCUT2D eigenvalue weighted by molar-refractivity contribution is 6.24. The molecule has 0 amide bonds. The number of hydrogen-bond acceptors (Lipinski definition) is 1. The number of hydrogen-bond donors (Lipinski definition) is 0. The molecule has 6 aromatic carbocycles. The fourth-order valence-corrected chi connectivity index (χ4v) is 9.49. The van der Waals surface area contributed by atoms with Gasteiger partial charge in [-0.1, -0.05) is 128 Å². The molecular formula is C45H29NO. The van der Waals surface area contributed by atoms with Crippen LogP contribution in [0.5, 0.6) is 0 Å². The fraction of sp³-hybridized carbons (Fsp3) is 0.0889. The number of nitrogens with zero attached hydrogens (tertiary/aromatic N) is 1. The maximum Gasteiger partial charge on any atom is 0.263 e. The minimum Gasteiger partial charge on any atom is -0.274 e. The smallest absolute Gasteiger partial charge is 0.263 e. The predicted molar refractivity (Wildman–Crippen MR) is 194 cm³/mol. The van der Waals surface area contributed by atoms with Crippen LogP contribution in [0.15, 0.2) is 150 Å². The summed E-state index contributed by atoms with van der Waals surface area (Å²) in [6, 6.07) is 46.0. The third kappa shape index (κ3) is 2.96. The molecule has 0 aliphatic heterocycles. The second-order valence-electron chi connectivity index (χ2n) is 13.6. The first-order valence-corrected chi connectivity index (χ1v) is 16.6. The summed E-state index contributed by atoms with van der Waals surface area (Å²) in [6.45, 7) is 2.32. The summed E-state index contributed by atoms with van der Waals surface area (Å²) in [6.07, 6.45) is 5.83. The van der Waals surface area contributed by atoms with Crippen molar-refractivity contribution in [3.8, 4) is 22.3 Å². The third-order valence-corrected chi connectivity index (χ3v) is 11.3. The summed E-state index contributed by atoms with van der Waals surface area (Å²) in [5.74, 6) is 0.492. The van der Waals surface area contributed by atoms with Gasteiger partial charge >= 0.3 is 0 Å². The van der Waals surface area contributed by atoms with Gasteiger partial charge in [-0.25, -0.2) is 0 Å². The molecule has 2 atom stereocenters. The van der Waals surface area contributed by atoms with E-state index in [0.29, 0.717) is 5.92 Å². The summed E-state index contributed by atoms with van der Waals surface area (Å²) in [5, 5.41) is 5.12. The van der Waals surface area contributed by atoms with Crippen LogP contribution in [-0.2, 0) is 5.41 Å². The number of benzene rings is 6. The molecule has 220 valence electrons. The van der Waals surface area contributed by atoms with Gasteiger partial charge in [-0.15, -0.1) is 0 Å². The van der Waals surface area contributed by atoms with Crippen molar-refractivity contribution >= 4 is 43.5 Å². The van der Waals surface area contributed by atoms with Gasteiger partial charge in [-0.2, -0.15) is 0 Å². The zero-order chi connectivity index (χ0) is 31.0. The van der Waals surface area contributed by atoms with E-state index in [2.05, 4.69) is 133 Å². The number of aromatic nitrogens is 1. The van der Waals surface area contributed by atoms with E-state index in [4.69, 9.17) is 0 Å². The van der Waals surface area contributed by atoms with Gasteiger partial charge in [0.05, 0.1) is 16.4 Å². The summed E-state index contributed by atoms with van der Waals surface area (Å²) in [7, 11) is 0. The number of allylic oxidation sites excluding steroid dienone is 4. The van der Waals surface area contributed by atoms with E-state index < -0.39 is 5.41 Å². The second kappa shape index (κ2) is 8.74. The van der Waals surface area contributed by atoms with Gasteiger partial charge in [0.25, 0.3) is 5.56 Å². The molecule has 0 fully saturated rings. The minimum absolute atomic E-state index is 0.0468. The number of rotatable bonds is 1. The fourth-order valence-electron chi connectivity index (χ4n) is 9.49. The van der Waals surface area contributed by atoms with E-state index in [1.165, 1.54) is 50.1 Å². The van der Waals surface area contributed by atoms with E-state index in [1.807, 2.05) is 18.2 Å². The molecule has 47 heavy (non-hydrogen) atoms. The molecule has 2 aromatic heterocycles. The Kier molecular flexibility index (Phi) is 4.74. The maximum absolute atomic E-state index is 14.8. The van der Waals surface area contributed by atoms with Crippen molar-refractivity contribution in [3.05, 3.63) is 178 Å². The van der Waals surface area contributed by atoms with Crippen LogP contribution in [0.4, 0.5) is 0 Å². The summed E-state index contributed by atoms with van der Waals surface area (Å²) in [5.41, 5.74) is 14.5. The molecule has 2 nitrogen and oxygen atoms in total. The highest BCUT2D eigenvalue weighted by Gasteiger charge is 2.53. The van der Waals surface area contributed by atoms with Gasteiger partial charge in [0, 0.05) is 27.1 Å². The van der Waals surface area contributed by atoms with Crippen molar-refractivity contribution in [2.24, 2.45) is 5.92 Å². The average molecular weight is 600 g/mol. The van der Waals surface area contributed by atoms with E-state index in [1.54, 1.807) is 0 Å². The first-order chi connectivity index (χ1) is 23.2. The number of fused-ring (bicyclic) bond motifs is 15. The molecule has 2 unspecified atom stereocenters. The van der Waals surface area contributed by atoms with Gasteiger partial charge in [0.2, 0.25) is 0 Å². The molecule has 0 saturated carbocycles. The van der Waals surface area contributed by atoms with E-state index in [0.717, 1.165) is 49.9 Å². The van der Waals surface area contributed by atoms with E-state index in [-0.39, 0.29) is 5.56 Å². The Morgan fingerprint density at radius 2 is 1.26 bits per heavy atom. The van der Waals surface area contributed by atoms with E-state index >= 15 is 0 Å². The molecule has 0 saturated heterocycles. The topological polar surface area (TPSA) is 21.5 Å². The van der Waals surface area contributed by atoms with Crippen molar-refractivity contribution in [1.82, 2.24) is 4.40 Å². The SMILES string of the molecule is CC1C=CC2=C(C1)c1ccccc1C21c2ccccc2-c2c1ccc1c3cc(-c4ccccc4)cc4c5ccccc5c(=O)n(c21)c43. The lowest BCUT2D eigenvalue weighted by Crippen LogP contribution is -2.27. The summed E-state index contributed by atoms with van der Waals surface area (Å²) in [4.78, 5) is 14.8. The molecule has 2 heterocycles. The van der Waals surface area contributed by atoms with Crippen LogP contribution < -0.4 is 5.56 Å². The van der Waals surface area contributed by atoms with Crippen LogP contribution in [0, 0.1) is 5.92 Å². The Labute approximate surface area is 271 Å². The molecule has 0 radical (unpaired) electrons. The van der Waals surface area contributed by atoms with Gasteiger partial charge in [-0.05, 0) is 86.0 Å². The standard InChI is InChI=1S/C45H29NO/c1-26-19-21-39-34(23-26)30-14-7-9-17-37(30)45(39)38-18-10-8-16-33(38)41-40(45)22-20-31-36-25-28(27-11-3-2-4-12-27)24-35-29-13-5-6-15-32(29)44(47)46(42(35)36)43(31)41/h2-22,24-26H,23H2,1H3. The molecule has 0 bridgehead atoms. The van der Waals surface area contributed by atoms with Crippen molar-refractivity contribution in [1.29, 1.82) is 0 Å². The molecule has 11 rings (SSSR count). The molecular weight excluding hydrogens is 571 g/mol. The third-order valence-electron chi connectivity index (χ3n) is 11.3. The molecule has 3 aliphatic carbocycles. The van der Waals surface area contributed by atoms with Crippen molar-refractivity contribution in [2.75, 3.05) is 0 Å². The Bertz CT molecular complexity index is 2800. The van der Waals surface area contributed by atoms with Gasteiger partial charge in [0.15, 0.2) is 0 Å². The van der Waals surface area contributed by atoms with Crippen molar-refractivity contribution in [3.63, 3.8) is 0 Å². The first kappa shape index (κ1) is 25.5. The van der Waals surface area contributed by atoms with Crippen molar-refractivity contribution in [2.45, 2.75) is 18.8 Å². The molecule has 3 aliphatic rings. The summed E-state index contributed by atoms with van der Waals surface area (Å²) < 4.78 is 2.06. The van der Waals surface area contributed by atoms with E-state index in [9.17, 15) is 4.79 Å². The van der Waals surface area contributed by atoms with Gasteiger partial charge < -0.3 is 0 Å². The maximum atomic E-state index is 14.8. The lowest BCUT2D eigenvalue weighted by molar-refractivity contribution is 0.725. The zero-order valence-electron chi connectivity index (χ0n) is 25.9. The highest BCUT2D eigenvalue weighted by Crippen LogP contribution is 2.64. The molecule has 0 N–H and O–H groups in total. The molecule has 1 spiro atoms. The van der Waals surface area contributed by atoms with Crippen LogP contribution in [0.3, 0.4) is 0 Å². The number of pyridine rings is 1. The van der Waals surface area contributed by atoms with Crippen LogP contribution in [0.25, 0.3) is 65.8 Å². The largest absolute Gasteiger partial charge is 0.274 e. The Morgan fingerprint density at radius 1 is 0.596 bits per heavy atom. The van der Waals surface area contributed by atoms with Crippen LogP contribution in [0.2, 0.25) is 0 Å². The van der Waals surface area contributed by atoms with Gasteiger partial charge in [-0.3, -0.25) is 9.20 Å².